The van der Waals surface area contributed by atoms with Crippen molar-refractivity contribution in [2.45, 2.75) is 40.0 Å². The van der Waals surface area contributed by atoms with Gasteiger partial charge in [-0.15, -0.1) is 0 Å². The summed E-state index contributed by atoms with van der Waals surface area (Å²) in [6, 6.07) is 0. The van der Waals surface area contributed by atoms with Gasteiger partial charge in [-0.25, -0.2) is 0 Å². The fourth-order valence-corrected chi connectivity index (χ4v) is 2.37. The number of hydrogen-bond donors (Lipinski definition) is 0. The van der Waals surface area contributed by atoms with Gasteiger partial charge in [-0.3, -0.25) is 24.1 Å². The Morgan fingerprint density at radius 1 is 1.35 bits per heavy atom. The Labute approximate surface area is 136 Å². The third-order valence-electron chi connectivity index (χ3n) is 4.07. The molecule has 1 aliphatic heterocycles. The van der Waals surface area contributed by atoms with Crippen LogP contribution in [0.3, 0.4) is 0 Å². The summed E-state index contributed by atoms with van der Waals surface area (Å²) >= 11 is 0. The highest BCUT2D eigenvalue weighted by atomic mass is 16.5. The molecule has 1 atom stereocenters. The fraction of sp³-hybridized carbons (Fsp3) is 0.750. The minimum Gasteiger partial charge on any atom is -0.464 e. The Balaban J connectivity index is 2.26. The largest absolute Gasteiger partial charge is 0.464 e. The lowest BCUT2D eigenvalue weighted by atomic mass is 9.94. The Morgan fingerprint density at radius 3 is 2.52 bits per heavy atom. The van der Waals surface area contributed by atoms with Gasteiger partial charge in [-0.2, -0.15) is 0 Å². The van der Waals surface area contributed by atoms with Gasteiger partial charge in [0.2, 0.25) is 17.7 Å². The quantitative estimate of drug-likeness (QED) is 0.487. The van der Waals surface area contributed by atoms with E-state index < -0.39 is 0 Å². The average molecular weight is 326 g/mol. The van der Waals surface area contributed by atoms with E-state index >= 15 is 0 Å². The number of amides is 3. The van der Waals surface area contributed by atoms with Crippen LogP contribution in [0.1, 0.15) is 40.0 Å². The molecule has 0 N–H and O–H groups in total. The van der Waals surface area contributed by atoms with E-state index in [-0.39, 0.29) is 61.5 Å². The van der Waals surface area contributed by atoms with Gasteiger partial charge in [0.25, 0.3) is 0 Å². The van der Waals surface area contributed by atoms with Gasteiger partial charge in [0.15, 0.2) is 0 Å². The zero-order valence-electron chi connectivity index (χ0n) is 14.3. The number of ether oxygens (including phenoxy) is 1. The SMILES string of the molecule is CC(=O)N(C)CCOC(=O)CCCN1C(=O)CC(C(C)C)C1=O. The van der Waals surface area contributed by atoms with Crippen LogP contribution in [-0.4, -0.2) is 60.2 Å². The number of nitrogens with zero attached hydrogens (tertiary/aromatic N) is 2. The van der Waals surface area contributed by atoms with E-state index in [1.165, 1.54) is 16.7 Å². The highest BCUT2D eigenvalue weighted by Crippen LogP contribution is 2.26. The van der Waals surface area contributed by atoms with Crippen LogP contribution in [0.5, 0.6) is 0 Å². The van der Waals surface area contributed by atoms with Gasteiger partial charge >= 0.3 is 5.97 Å². The number of likely N-dealkylation sites (N-methyl/N-ethyl adjacent to an activating group) is 1. The highest BCUT2D eigenvalue weighted by molar-refractivity contribution is 6.03. The monoisotopic (exact) mass is 326 g/mol. The molecule has 1 fully saturated rings. The molecule has 1 aliphatic rings. The summed E-state index contributed by atoms with van der Waals surface area (Å²) in [5, 5.41) is 0. The molecule has 1 heterocycles. The zero-order valence-corrected chi connectivity index (χ0v) is 14.3. The number of hydrogen-bond acceptors (Lipinski definition) is 5. The molecule has 0 saturated carbocycles. The maximum Gasteiger partial charge on any atom is 0.305 e. The van der Waals surface area contributed by atoms with Crippen LogP contribution in [0.25, 0.3) is 0 Å². The van der Waals surface area contributed by atoms with Gasteiger partial charge < -0.3 is 9.64 Å². The summed E-state index contributed by atoms with van der Waals surface area (Å²) in [4.78, 5) is 49.2. The molecule has 0 aromatic carbocycles. The van der Waals surface area contributed by atoms with Crippen molar-refractivity contribution in [2.75, 3.05) is 26.7 Å². The van der Waals surface area contributed by atoms with Crippen molar-refractivity contribution in [2.24, 2.45) is 11.8 Å². The smallest absolute Gasteiger partial charge is 0.305 e. The van der Waals surface area contributed by atoms with E-state index in [1.54, 1.807) is 7.05 Å². The third kappa shape index (κ3) is 5.65. The molecule has 3 amide bonds. The van der Waals surface area contributed by atoms with Crippen molar-refractivity contribution in [1.82, 2.24) is 9.80 Å². The molecule has 1 rings (SSSR count). The number of carbonyl (C=O) groups excluding carboxylic acids is 4. The molecule has 1 unspecified atom stereocenters. The summed E-state index contributed by atoms with van der Waals surface area (Å²) < 4.78 is 5.02. The van der Waals surface area contributed by atoms with Crippen molar-refractivity contribution in [3.8, 4) is 0 Å². The standard InChI is InChI=1S/C16H26N2O5/c1-11(2)13-10-14(20)18(16(13)22)7-5-6-15(21)23-9-8-17(4)12(3)19/h11,13H,5-10H2,1-4H3. The summed E-state index contributed by atoms with van der Waals surface area (Å²) in [5.41, 5.74) is 0. The van der Waals surface area contributed by atoms with Crippen molar-refractivity contribution < 1.29 is 23.9 Å². The van der Waals surface area contributed by atoms with Gasteiger partial charge in [-0.1, -0.05) is 13.8 Å². The number of imide groups is 1. The number of esters is 1. The molecule has 0 aliphatic carbocycles. The van der Waals surface area contributed by atoms with E-state index in [0.29, 0.717) is 13.0 Å². The van der Waals surface area contributed by atoms with Crippen LogP contribution in [0.15, 0.2) is 0 Å². The molecular formula is C16H26N2O5. The number of carbonyl (C=O) groups is 4. The van der Waals surface area contributed by atoms with Crippen molar-refractivity contribution in [3.63, 3.8) is 0 Å². The van der Waals surface area contributed by atoms with Crippen LogP contribution < -0.4 is 0 Å². The summed E-state index contributed by atoms with van der Waals surface area (Å²) in [6.07, 6.45) is 0.801. The Bertz CT molecular complexity index is 475. The Hall–Kier alpha value is -1.92. The second kappa shape index (κ2) is 8.64. The first kappa shape index (κ1) is 19.1. The maximum absolute atomic E-state index is 12.1. The molecule has 23 heavy (non-hydrogen) atoms. The molecule has 7 nitrogen and oxygen atoms in total. The first-order valence-electron chi connectivity index (χ1n) is 7.95. The summed E-state index contributed by atoms with van der Waals surface area (Å²) in [6.45, 7) is 6.04. The topological polar surface area (TPSA) is 84.0 Å². The van der Waals surface area contributed by atoms with Gasteiger partial charge in [-0.05, 0) is 12.3 Å². The van der Waals surface area contributed by atoms with E-state index in [2.05, 4.69) is 0 Å². The molecule has 0 bridgehead atoms. The molecule has 1 saturated heterocycles. The third-order valence-corrected chi connectivity index (χ3v) is 4.07. The average Bonchev–Trinajstić information content (AvgIpc) is 2.75. The predicted molar refractivity (Wildman–Crippen MR) is 83.2 cm³/mol. The number of rotatable bonds is 8. The lowest BCUT2D eigenvalue weighted by Crippen LogP contribution is -2.33. The normalized spacial score (nSPS) is 17.8. The van der Waals surface area contributed by atoms with Crippen LogP contribution in [-0.2, 0) is 23.9 Å². The minimum atomic E-state index is -0.388. The molecular weight excluding hydrogens is 300 g/mol. The van der Waals surface area contributed by atoms with Crippen LogP contribution in [0.4, 0.5) is 0 Å². The highest BCUT2D eigenvalue weighted by Gasteiger charge is 2.39. The minimum absolute atomic E-state index is 0.0909. The number of likely N-dealkylation sites (tertiary alicyclic amines) is 1. The Kier molecular flexibility index (Phi) is 7.19. The second-order valence-electron chi connectivity index (χ2n) is 6.20. The first-order chi connectivity index (χ1) is 10.7. The van der Waals surface area contributed by atoms with Gasteiger partial charge in [0.1, 0.15) is 6.61 Å². The molecule has 7 heteroatoms. The zero-order chi connectivity index (χ0) is 17.6. The van der Waals surface area contributed by atoms with Crippen LogP contribution >= 0.6 is 0 Å². The van der Waals surface area contributed by atoms with Crippen molar-refractivity contribution in [3.05, 3.63) is 0 Å². The van der Waals surface area contributed by atoms with Crippen LogP contribution in [0, 0.1) is 11.8 Å². The predicted octanol–water partition coefficient (Wildman–Crippen LogP) is 0.819. The summed E-state index contributed by atoms with van der Waals surface area (Å²) in [5.74, 6) is -0.879. The lowest BCUT2D eigenvalue weighted by molar-refractivity contribution is -0.146. The fourth-order valence-electron chi connectivity index (χ4n) is 2.37. The molecule has 0 aromatic heterocycles. The van der Waals surface area contributed by atoms with Crippen LogP contribution in [0.2, 0.25) is 0 Å². The van der Waals surface area contributed by atoms with Gasteiger partial charge in [0, 0.05) is 39.3 Å². The summed E-state index contributed by atoms with van der Waals surface area (Å²) in [7, 11) is 1.63. The Morgan fingerprint density at radius 2 is 2.00 bits per heavy atom. The first-order valence-corrected chi connectivity index (χ1v) is 7.95. The van der Waals surface area contributed by atoms with E-state index in [0.717, 1.165) is 0 Å². The maximum atomic E-state index is 12.1. The molecule has 130 valence electrons. The van der Waals surface area contributed by atoms with E-state index in [4.69, 9.17) is 4.74 Å². The van der Waals surface area contributed by atoms with Crippen molar-refractivity contribution in [1.29, 1.82) is 0 Å². The van der Waals surface area contributed by atoms with E-state index in [9.17, 15) is 19.2 Å². The second-order valence-corrected chi connectivity index (χ2v) is 6.20. The van der Waals surface area contributed by atoms with Gasteiger partial charge in [0.05, 0.1) is 6.54 Å². The van der Waals surface area contributed by atoms with E-state index in [1.807, 2.05) is 13.8 Å². The lowest BCUT2D eigenvalue weighted by Gasteiger charge is -2.16. The molecule has 0 spiro atoms. The van der Waals surface area contributed by atoms with Crippen molar-refractivity contribution >= 4 is 23.7 Å². The molecule has 0 radical (unpaired) electrons. The molecule has 0 aromatic rings.